The lowest BCUT2D eigenvalue weighted by Crippen LogP contribution is -2.42. The van der Waals surface area contributed by atoms with Crippen LogP contribution in [0.5, 0.6) is 0 Å². The Bertz CT molecular complexity index is 526. The van der Waals surface area contributed by atoms with Crippen molar-refractivity contribution in [2.75, 3.05) is 27.3 Å². The summed E-state index contributed by atoms with van der Waals surface area (Å²) in [6, 6.07) is 4.58. The molecule has 0 heterocycles. The SMILES string of the molecule is CNC(=O)NC(=O)CNC(CCOC)c1ccc(Cl)c(Cl)c1. The first-order chi connectivity index (χ1) is 10.5. The van der Waals surface area contributed by atoms with Gasteiger partial charge in [-0.25, -0.2) is 4.79 Å². The van der Waals surface area contributed by atoms with Gasteiger partial charge < -0.3 is 15.4 Å². The summed E-state index contributed by atoms with van der Waals surface area (Å²) in [6.45, 7) is 0.497. The van der Waals surface area contributed by atoms with Crippen LogP contribution in [0, 0.1) is 0 Å². The highest BCUT2D eigenvalue weighted by Crippen LogP contribution is 2.26. The molecule has 0 saturated carbocycles. The summed E-state index contributed by atoms with van der Waals surface area (Å²) in [4.78, 5) is 22.7. The number of urea groups is 1. The Morgan fingerprint density at radius 2 is 2.00 bits per heavy atom. The Morgan fingerprint density at radius 1 is 1.27 bits per heavy atom. The van der Waals surface area contributed by atoms with E-state index in [0.717, 1.165) is 5.56 Å². The second-order valence-corrected chi connectivity index (χ2v) is 5.33. The number of rotatable bonds is 7. The first kappa shape index (κ1) is 18.7. The van der Waals surface area contributed by atoms with Crippen molar-refractivity contribution in [3.8, 4) is 0 Å². The summed E-state index contributed by atoms with van der Waals surface area (Å²) >= 11 is 11.9. The Hall–Kier alpha value is -1.34. The summed E-state index contributed by atoms with van der Waals surface area (Å²) in [5, 5.41) is 8.48. The lowest BCUT2D eigenvalue weighted by molar-refractivity contribution is -0.119. The van der Waals surface area contributed by atoms with Crippen LogP contribution in [0.15, 0.2) is 18.2 Å². The molecule has 0 aromatic heterocycles. The molecule has 0 aliphatic heterocycles. The second-order valence-electron chi connectivity index (χ2n) is 4.52. The predicted molar refractivity (Wildman–Crippen MR) is 86.3 cm³/mol. The molecule has 1 rings (SSSR count). The van der Waals surface area contributed by atoms with Gasteiger partial charge in [-0.3, -0.25) is 10.1 Å². The fourth-order valence-electron chi connectivity index (χ4n) is 1.80. The fourth-order valence-corrected chi connectivity index (χ4v) is 2.11. The Kier molecular flexibility index (Phi) is 8.19. The minimum atomic E-state index is -0.547. The lowest BCUT2D eigenvalue weighted by atomic mass is 10.0. The molecule has 0 fully saturated rings. The molecule has 3 amide bonds. The Balaban J connectivity index is 2.69. The van der Waals surface area contributed by atoms with Gasteiger partial charge in [0.25, 0.3) is 0 Å². The van der Waals surface area contributed by atoms with E-state index in [0.29, 0.717) is 23.1 Å². The zero-order valence-electron chi connectivity index (χ0n) is 12.4. The normalized spacial score (nSPS) is 11.8. The summed E-state index contributed by atoms with van der Waals surface area (Å²) in [5.41, 5.74) is 0.888. The number of hydrogen-bond acceptors (Lipinski definition) is 4. The lowest BCUT2D eigenvalue weighted by Gasteiger charge is -2.19. The largest absolute Gasteiger partial charge is 0.385 e. The zero-order chi connectivity index (χ0) is 16.5. The van der Waals surface area contributed by atoms with E-state index in [4.69, 9.17) is 27.9 Å². The number of imide groups is 1. The van der Waals surface area contributed by atoms with Crippen LogP contribution in [0.3, 0.4) is 0 Å². The first-order valence-corrected chi connectivity index (χ1v) is 7.42. The van der Waals surface area contributed by atoms with Crippen LogP contribution < -0.4 is 16.0 Å². The van der Waals surface area contributed by atoms with Gasteiger partial charge in [0.15, 0.2) is 0 Å². The maximum atomic E-state index is 11.6. The first-order valence-electron chi connectivity index (χ1n) is 6.66. The molecule has 0 aliphatic carbocycles. The van der Waals surface area contributed by atoms with Crippen molar-refractivity contribution in [3.05, 3.63) is 33.8 Å². The molecule has 122 valence electrons. The quantitative estimate of drug-likeness (QED) is 0.705. The van der Waals surface area contributed by atoms with Gasteiger partial charge in [-0.2, -0.15) is 0 Å². The van der Waals surface area contributed by atoms with E-state index >= 15 is 0 Å². The number of amides is 3. The minimum Gasteiger partial charge on any atom is -0.385 e. The third kappa shape index (κ3) is 6.19. The van der Waals surface area contributed by atoms with Crippen molar-refractivity contribution in [3.63, 3.8) is 0 Å². The molecule has 0 spiro atoms. The van der Waals surface area contributed by atoms with E-state index in [1.165, 1.54) is 7.05 Å². The third-order valence-corrected chi connectivity index (χ3v) is 3.68. The highest BCUT2D eigenvalue weighted by molar-refractivity contribution is 6.42. The van der Waals surface area contributed by atoms with Crippen molar-refractivity contribution in [2.24, 2.45) is 0 Å². The van der Waals surface area contributed by atoms with Gasteiger partial charge >= 0.3 is 6.03 Å². The number of ether oxygens (including phenoxy) is 1. The summed E-state index contributed by atoms with van der Waals surface area (Å²) in [6.07, 6.45) is 0.641. The summed E-state index contributed by atoms with van der Waals surface area (Å²) in [7, 11) is 3.04. The number of nitrogens with one attached hydrogen (secondary N) is 3. The number of halogens is 2. The maximum absolute atomic E-state index is 11.6. The maximum Gasteiger partial charge on any atom is 0.321 e. The molecule has 1 aromatic carbocycles. The molecule has 1 atom stereocenters. The van der Waals surface area contributed by atoms with Crippen LogP contribution in [0.1, 0.15) is 18.0 Å². The van der Waals surface area contributed by atoms with Gasteiger partial charge in [0, 0.05) is 26.8 Å². The molecule has 1 unspecified atom stereocenters. The van der Waals surface area contributed by atoms with E-state index in [1.54, 1.807) is 19.2 Å². The van der Waals surface area contributed by atoms with Gasteiger partial charge in [0.2, 0.25) is 5.91 Å². The van der Waals surface area contributed by atoms with Crippen molar-refractivity contribution in [1.29, 1.82) is 0 Å². The highest BCUT2D eigenvalue weighted by atomic mass is 35.5. The molecule has 0 aliphatic rings. The third-order valence-electron chi connectivity index (χ3n) is 2.95. The van der Waals surface area contributed by atoms with Gasteiger partial charge in [-0.15, -0.1) is 0 Å². The molecule has 0 bridgehead atoms. The van der Waals surface area contributed by atoms with Gasteiger partial charge in [-0.1, -0.05) is 29.3 Å². The smallest absolute Gasteiger partial charge is 0.321 e. The molecule has 0 radical (unpaired) electrons. The molecule has 3 N–H and O–H groups in total. The number of methoxy groups -OCH3 is 1. The van der Waals surface area contributed by atoms with Gasteiger partial charge in [-0.05, 0) is 24.1 Å². The van der Waals surface area contributed by atoms with E-state index in [1.807, 2.05) is 6.07 Å². The van der Waals surface area contributed by atoms with Crippen molar-refractivity contribution in [2.45, 2.75) is 12.5 Å². The van der Waals surface area contributed by atoms with Crippen LogP contribution >= 0.6 is 23.2 Å². The van der Waals surface area contributed by atoms with E-state index in [-0.39, 0.29) is 12.6 Å². The van der Waals surface area contributed by atoms with Crippen molar-refractivity contribution >= 4 is 35.1 Å². The molecule has 1 aromatic rings. The molecule has 8 heteroatoms. The van der Waals surface area contributed by atoms with E-state index in [2.05, 4.69) is 16.0 Å². The zero-order valence-corrected chi connectivity index (χ0v) is 13.9. The number of carbonyl (C=O) groups excluding carboxylic acids is 2. The highest BCUT2D eigenvalue weighted by Gasteiger charge is 2.15. The Morgan fingerprint density at radius 3 is 2.59 bits per heavy atom. The summed E-state index contributed by atoms with van der Waals surface area (Å²) in [5.74, 6) is -0.429. The van der Waals surface area contributed by atoms with Crippen molar-refractivity contribution < 1.29 is 14.3 Å². The predicted octanol–water partition coefficient (Wildman–Crippen LogP) is 2.12. The van der Waals surface area contributed by atoms with Crippen LogP contribution in [-0.4, -0.2) is 39.2 Å². The summed E-state index contributed by atoms with van der Waals surface area (Å²) < 4.78 is 5.07. The standard InChI is InChI=1S/C14H19Cl2N3O3/c1-17-14(21)19-13(20)8-18-12(5-6-22-2)9-3-4-10(15)11(16)7-9/h3-4,7,12,18H,5-6,8H2,1-2H3,(H2,17,19,20,21). The Labute approximate surface area is 139 Å². The molecule has 6 nitrogen and oxygen atoms in total. The van der Waals surface area contributed by atoms with Crippen LogP contribution in [0.2, 0.25) is 10.0 Å². The van der Waals surface area contributed by atoms with Crippen LogP contribution in [0.25, 0.3) is 0 Å². The average molecular weight is 348 g/mol. The number of benzene rings is 1. The fraction of sp³-hybridized carbons (Fsp3) is 0.429. The van der Waals surface area contributed by atoms with Crippen LogP contribution in [0.4, 0.5) is 4.79 Å². The topological polar surface area (TPSA) is 79.5 Å². The van der Waals surface area contributed by atoms with E-state index in [9.17, 15) is 9.59 Å². The van der Waals surface area contributed by atoms with E-state index < -0.39 is 11.9 Å². The van der Waals surface area contributed by atoms with Crippen molar-refractivity contribution in [1.82, 2.24) is 16.0 Å². The average Bonchev–Trinajstić information content (AvgIpc) is 2.50. The van der Waals surface area contributed by atoms with Gasteiger partial charge in [0.05, 0.1) is 16.6 Å². The molecular weight excluding hydrogens is 329 g/mol. The number of carbonyl (C=O) groups is 2. The number of hydrogen-bond donors (Lipinski definition) is 3. The van der Waals surface area contributed by atoms with Gasteiger partial charge in [0.1, 0.15) is 0 Å². The van der Waals surface area contributed by atoms with Crippen LogP contribution in [-0.2, 0) is 9.53 Å². The molecule has 0 saturated heterocycles. The minimum absolute atomic E-state index is 0.0119. The molecular formula is C14H19Cl2N3O3. The monoisotopic (exact) mass is 347 g/mol. The second kappa shape index (κ2) is 9.63. The molecule has 22 heavy (non-hydrogen) atoms.